The number of nitrogens with zero attached hydrogens (tertiary/aromatic N) is 1. The van der Waals surface area contributed by atoms with E-state index in [2.05, 4.69) is 6.07 Å². The Morgan fingerprint density at radius 2 is 1.89 bits per heavy atom. The number of ether oxygens (including phenoxy) is 1. The zero-order valence-corrected chi connectivity index (χ0v) is 11.3. The molecule has 0 heterocycles. The molecule has 0 amide bonds. The molecule has 0 atom stereocenters. The molecule has 98 valence electrons. The molecule has 1 aromatic rings. The number of anilines is 1. The average molecular weight is 246 g/mol. The second kappa shape index (κ2) is 7.03. The van der Waals surface area contributed by atoms with Crippen molar-refractivity contribution in [3.63, 3.8) is 0 Å². The van der Waals surface area contributed by atoms with Gasteiger partial charge in [-0.15, -0.1) is 0 Å². The second-order valence-corrected chi connectivity index (χ2v) is 5.25. The van der Waals surface area contributed by atoms with Gasteiger partial charge in [0.25, 0.3) is 0 Å². The number of benzene rings is 1. The number of nitrogens with two attached hydrogens (primary N) is 1. The molecule has 18 heavy (non-hydrogen) atoms. The standard InChI is InChI=1S/C15H22N2O/c1-15(2,12-16)9-3-4-10-18-11-13-5-7-14(17)8-6-13/h5-8H,3-4,9-11,17H2,1-2H3. The van der Waals surface area contributed by atoms with E-state index in [9.17, 15) is 0 Å². The molecule has 0 bridgehead atoms. The molecule has 0 fully saturated rings. The third kappa shape index (κ3) is 5.70. The average Bonchev–Trinajstić information content (AvgIpc) is 2.36. The van der Waals surface area contributed by atoms with E-state index in [0.29, 0.717) is 6.61 Å². The maximum Gasteiger partial charge on any atom is 0.0716 e. The lowest BCUT2D eigenvalue weighted by Crippen LogP contribution is -2.07. The summed E-state index contributed by atoms with van der Waals surface area (Å²) in [5.74, 6) is 0. The van der Waals surface area contributed by atoms with E-state index >= 15 is 0 Å². The van der Waals surface area contributed by atoms with Crippen LogP contribution in [0.5, 0.6) is 0 Å². The molecular weight excluding hydrogens is 224 g/mol. The van der Waals surface area contributed by atoms with Gasteiger partial charge in [0.2, 0.25) is 0 Å². The van der Waals surface area contributed by atoms with Crippen LogP contribution >= 0.6 is 0 Å². The van der Waals surface area contributed by atoms with Gasteiger partial charge >= 0.3 is 0 Å². The number of rotatable bonds is 7. The van der Waals surface area contributed by atoms with E-state index in [-0.39, 0.29) is 5.41 Å². The third-order valence-electron chi connectivity index (χ3n) is 2.89. The summed E-state index contributed by atoms with van der Waals surface area (Å²) in [6.45, 7) is 5.32. The van der Waals surface area contributed by atoms with Gasteiger partial charge in [-0.1, -0.05) is 12.1 Å². The third-order valence-corrected chi connectivity index (χ3v) is 2.89. The van der Waals surface area contributed by atoms with E-state index in [0.717, 1.165) is 37.1 Å². The van der Waals surface area contributed by atoms with Crippen molar-refractivity contribution in [2.45, 2.75) is 39.7 Å². The summed E-state index contributed by atoms with van der Waals surface area (Å²) < 4.78 is 5.58. The molecule has 1 rings (SSSR count). The Labute approximate surface area is 110 Å². The minimum absolute atomic E-state index is 0.211. The van der Waals surface area contributed by atoms with Crippen molar-refractivity contribution in [3.05, 3.63) is 29.8 Å². The summed E-state index contributed by atoms with van der Waals surface area (Å²) in [7, 11) is 0. The second-order valence-electron chi connectivity index (χ2n) is 5.25. The first kappa shape index (κ1) is 14.5. The summed E-state index contributed by atoms with van der Waals surface area (Å²) in [6.07, 6.45) is 2.96. The Hall–Kier alpha value is -1.53. The number of hydrogen-bond acceptors (Lipinski definition) is 3. The highest BCUT2D eigenvalue weighted by Crippen LogP contribution is 2.21. The lowest BCUT2D eigenvalue weighted by atomic mass is 9.89. The van der Waals surface area contributed by atoms with Crippen LogP contribution in [-0.4, -0.2) is 6.61 Å². The fourth-order valence-electron chi connectivity index (χ4n) is 1.63. The topological polar surface area (TPSA) is 59.0 Å². The van der Waals surface area contributed by atoms with Gasteiger partial charge in [0.1, 0.15) is 0 Å². The highest BCUT2D eigenvalue weighted by molar-refractivity contribution is 5.39. The number of unbranched alkanes of at least 4 members (excludes halogenated alkanes) is 1. The Balaban J connectivity index is 2.09. The first-order valence-electron chi connectivity index (χ1n) is 6.37. The monoisotopic (exact) mass is 246 g/mol. The van der Waals surface area contributed by atoms with Gasteiger partial charge in [0.05, 0.1) is 18.1 Å². The minimum Gasteiger partial charge on any atom is -0.399 e. The van der Waals surface area contributed by atoms with Crippen molar-refractivity contribution in [1.29, 1.82) is 5.26 Å². The van der Waals surface area contributed by atoms with Gasteiger partial charge in [-0.25, -0.2) is 0 Å². The first-order chi connectivity index (χ1) is 8.53. The summed E-state index contributed by atoms with van der Waals surface area (Å²) >= 11 is 0. The highest BCUT2D eigenvalue weighted by Gasteiger charge is 2.15. The maximum absolute atomic E-state index is 8.88. The molecule has 0 saturated heterocycles. The van der Waals surface area contributed by atoms with Crippen molar-refractivity contribution in [2.75, 3.05) is 12.3 Å². The molecule has 0 aliphatic rings. The Morgan fingerprint density at radius 3 is 2.50 bits per heavy atom. The Morgan fingerprint density at radius 1 is 1.22 bits per heavy atom. The lowest BCUT2D eigenvalue weighted by Gasteiger charge is -2.14. The van der Waals surface area contributed by atoms with Crippen molar-refractivity contribution in [2.24, 2.45) is 5.41 Å². The smallest absolute Gasteiger partial charge is 0.0716 e. The number of nitriles is 1. The van der Waals surface area contributed by atoms with Crippen LogP contribution in [0.15, 0.2) is 24.3 Å². The Bertz CT molecular complexity index is 390. The summed E-state index contributed by atoms with van der Waals surface area (Å²) in [6, 6.07) is 10.0. The predicted molar refractivity (Wildman–Crippen MR) is 73.8 cm³/mol. The number of hydrogen-bond donors (Lipinski definition) is 1. The van der Waals surface area contributed by atoms with Gasteiger partial charge in [-0.3, -0.25) is 0 Å². The van der Waals surface area contributed by atoms with Gasteiger partial charge in [0.15, 0.2) is 0 Å². The molecule has 0 aliphatic heterocycles. The van der Waals surface area contributed by atoms with Gasteiger partial charge in [0, 0.05) is 12.3 Å². The molecule has 0 aromatic heterocycles. The fourth-order valence-corrected chi connectivity index (χ4v) is 1.63. The van der Waals surface area contributed by atoms with Gasteiger partial charge < -0.3 is 10.5 Å². The maximum atomic E-state index is 8.88. The van der Waals surface area contributed by atoms with Crippen LogP contribution in [0.25, 0.3) is 0 Å². The van der Waals surface area contributed by atoms with Crippen LogP contribution in [0.2, 0.25) is 0 Å². The van der Waals surface area contributed by atoms with Gasteiger partial charge in [-0.05, 0) is 50.8 Å². The normalized spacial score (nSPS) is 11.2. The molecule has 1 aromatic carbocycles. The largest absolute Gasteiger partial charge is 0.399 e. The van der Waals surface area contributed by atoms with Crippen molar-refractivity contribution < 1.29 is 4.74 Å². The quantitative estimate of drug-likeness (QED) is 0.591. The van der Waals surface area contributed by atoms with Crippen molar-refractivity contribution >= 4 is 5.69 Å². The lowest BCUT2D eigenvalue weighted by molar-refractivity contribution is 0.115. The van der Waals surface area contributed by atoms with Crippen molar-refractivity contribution in [3.8, 4) is 6.07 Å². The summed E-state index contributed by atoms with van der Waals surface area (Å²) in [5, 5.41) is 8.88. The molecule has 0 radical (unpaired) electrons. The predicted octanol–water partition coefficient (Wildman–Crippen LogP) is 3.51. The first-order valence-corrected chi connectivity index (χ1v) is 6.37. The summed E-state index contributed by atoms with van der Waals surface area (Å²) in [4.78, 5) is 0. The molecule has 0 unspecified atom stereocenters. The zero-order valence-electron chi connectivity index (χ0n) is 11.3. The van der Waals surface area contributed by atoms with Crippen LogP contribution in [0.3, 0.4) is 0 Å². The SMILES string of the molecule is CC(C)(C#N)CCCCOCc1ccc(N)cc1. The van der Waals surface area contributed by atoms with Crippen molar-refractivity contribution in [1.82, 2.24) is 0 Å². The van der Waals surface area contributed by atoms with E-state index in [1.54, 1.807) is 0 Å². The molecule has 0 saturated carbocycles. The number of nitrogen functional groups attached to an aromatic ring is 1. The van der Waals surface area contributed by atoms with Gasteiger partial charge in [-0.2, -0.15) is 5.26 Å². The van der Waals surface area contributed by atoms with E-state index in [4.69, 9.17) is 15.7 Å². The molecule has 0 spiro atoms. The van der Waals surface area contributed by atoms with Crippen LogP contribution in [0.1, 0.15) is 38.7 Å². The molecule has 3 heteroatoms. The molecule has 2 N–H and O–H groups in total. The zero-order chi connectivity index (χ0) is 13.4. The molecular formula is C15H22N2O. The molecule has 3 nitrogen and oxygen atoms in total. The van der Waals surface area contributed by atoms with Crippen LogP contribution in [0.4, 0.5) is 5.69 Å². The van der Waals surface area contributed by atoms with Crippen LogP contribution in [-0.2, 0) is 11.3 Å². The van der Waals surface area contributed by atoms with Crippen LogP contribution < -0.4 is 5.73 Å². The van der Waals surface area contributed by atoms with E-state index in [1.165, 1.54) is 0 Å². The Kier molecular flexibility index (Phi) is 5.67. The van der Waals surface area contributed by atoms with E-state index in [1.807, 2.05) is 38.1 Å². The fraction of sp³-hybridized carbons (Fsp3) is 0.533. The minimum atomic E-state index is -0.211. The van der Waals surface area contributed by atoms with Crippen LogP contribution in [0, 0.1) is 16.7 Å². The highest BCUT2D eigenvalue weighted by atomic mass is 16.5. The molecule has 0 aliphatic carbocycles. The summed E-state index contributed by atoms with van der Waals surface area (Å²) in [5.41, 5.74) is 7.31. The van der Waals surface area contributed by atoms with E-state index < -0.39 is 0 Å².